The Morgan fingerprint density at radius 1 is 1.17 bits per heavy atom. The normalized spacial score (nSPS) is 27.4. The molecule has 0 spiro atoms. The molecule has 0 saturated heterocycles. The Bertz CT molecular complexity index is 886. The average molecular weight is 440 g/mol. The Balaban J connectivity index is 1.80. The lowest BCUT2D eigenvalue weighted by Crippen LogP contribution is -2.52. The molecule has 1 fully saturated rings. The maximum absolute atomic E-state index is 13.0. The summed E-state index contributed by atoms with van der Waals surface area (Å²) in [7, 11) is -0.588. The quantitative estimate of drug-likeness (QED) is 0.708. The summed E-state index contributed by atoms with van der Waals surface area (Å²) in [6, 6.07) is 3.10. The lowest BCUT2D eigenvalue weighted by molar-refractivity contribution is -0.0104. The largest absolute Gasteiger partial charge is 0.376 e. The van der Waals surface area contributed by atoms with Crippen LogP contribution in [0.5, 0.6) is 0 Å². The highest BCUT2D eigenvalue weighted by molar-refractivity contribution is 7.87. The van der Waals surface area contributed by atoms with Crippen molar-refractivity contribution >= 4 is 10.2 Å². The number of ether oxygens (including phenoxy) is 1. The van der Waals surface area contributed by atoms with Crippen LogP contribution in [0.2, 0.25) is 0 Å². The topological polar surface area (TPSA) is 80.6 Å². The number of aryl methyl sites for hydroxylation is 2. The molecule has 1 aromatic rings. The number of aromatic nitrogens is 1. The van der Waals surface area contributed by atoms with E-state index in [2.05, 4.69) is 18.6 Å². The standard InChI is InChI=1S/C22H37N3O4S/c1-15(2)17-7-11-19(12-8-17)29-14-21-20(23-30(27,28)24(4)5)13-10-18-9-6-16(3)22(26)25(18)21/h6,9,15,17,19-21,23H,7-8,10-14H2,1-5H3/t17?,19?,20-,21-/m0/s1. The van der Waals surface area contributed by atoms with Gasteiger partial charge in [-0.2, -0.15) is 17.4 Å². The van der Waals surface area contributed by atoms with Crippen molar-refractivity contribution in [2.24, 2.45) is 11.8 Å². The van der Waals surface area contributed by atoms with Gasteiger partial charge in [0.1, 0.15) is 0 Å². The van der Waals surface area contributed by atoms with E-state index in [9.17, 15) is 13.2 Å². The van der Waals surface area contributed by atoms with Gasteiger partial charge in [0, 0.05) is 31.4 Å². The third-order valence-electron chi connectivity index (χ3n) is 6.84. The molecule has 1 saturated carbocycles. The van der Waals surface area contributed by atoms with E-state index in [1.165, 1.54) is 31.2 Å². The van der Waals surface area contributed by atoms with Gasteiger partial charge in [0.15, 0.2) is 0 Å². The highest BCUT2D eigenvalue weighted by atomic mass is 32.2. The summed E-state index contributed by atoms with van der Waals surface area (Å²) in [4.78, 5) is 13.0. The van der Waals surface area contributed by atoms with Crippen LogP contribution < -0.4 is 10.3 Å². The first-order chi connectivity index (χ1) is 14.1. The molecular formula is C22H37N3O4S. The summed E-state index contributed by atoms with van der Waals surface area (Å²) in [5.41, 5.74) is 1.55. The van der Waals surface area contributed by atoms with Crippen LogP contribution in [0.25, 0.3) is 0 Å². The molecule has 1 aliphatic carbocycles. The maximum atomic E-state index is 13.0. The zero-order valence-corrected chi connectivity index (χ0v) is 19.7. The van der Waals surface area contributed by atoms with Crippen LogP contribution in [0, 0.1) is 18.8 Å². The molecular weight excluding hydrogens is 402 g/mol. The van der Waals surface area contributed by atoms with Gasteiger partial charge in [-0.25, -0.2) is 0 Å². The van der Waals surface area contributed by atoms with Crippen LogP contribution in [-0.2, 0) is 21.4 Å². The van der Waals surface area contributed by atoms with Crippen molar-refractivity contribution in [2.75, 3.05) is 20.7 Å². The van der Waals surface area contributed by atoms with Crippen LogP contribution in [0.1, 0.15) is 63.3 Å². The second kappa shape index (κ2) is 9.51. The SMILES string of the molecule is Cc1ccc2n(c1=O)[C@@H](COC1CCC(C(C)C)CC1)[C@@H](NS(=O)(=O)N(C)C)CC2. The molecule has 2 atom stereocenters. The van der Waals surface area contributed by atoms with E-state index in [1.54, 1.807) is 11.5 Å². The van der Waals surface area contributed by atoms with Crippen molar-refractivity contribution in [1.29, 1.82) is 0 Å². The molecule has 0 amide bonds. The van der Waals surface area contributed by atoms with E-state index in [1.807, 2.05) is 12.1 Å². The third kappa shape index (κ3) is 5.15. The Morgan fingerprint density at radius 2 is 1.83 bits per heavy atom. The van der Waals surface area contributed by atoms with Crippen molar-refractivity contribution in [3.8, 4) is 0 Å². The minimum atomic E-state index is -3.60. The summed E-state index contributed by atoms with van der Waals surface area (Å²) in [5.74, 6) is 1.45. The zero-order valence-electron chi connectivity index (χ0n) is 18.9. The van der Waals surface area contributed by atoms with E-state index in [0.717, 1.165) is 24.5 Å². The minimum absolute atomic E-state index is 0.0571. The fraction of sp³-hybridized carbons (Fsp3) is 0.773. The van der Waals surface area contributed by atoms with Crippen LogP contribution in [0.15, 0.2) is 16.9 Å². The number of hydrogen-bond donors (Lipinski definition) is 1. The summed E-state index contributed by atoms with van der Waals surface area (Å²) < 4.78 is 37.0. The monoisotopic (exact) mass is 439 g/mol. The number of fused-ring (bicyclic) bond motifs is 1. The number of hydrogen-bond acceptors (Lipinski definition) is 4. The van der Waals surface area contributed by atoms with Gasteiger partial charge < -0.3 is 9.30 Å². The van der Waals surface area contributed by atoms with Crippen molar-refractivity contribution in [2.45, 2.75) is 77.5 Å². The Hall–Kier alpha value is -1.22. The van der Waals surface area contributed by atoms with E-state index in [-0.39, 0.29) is 23.7 Å². The minimum Gasteiger partial charge on any atom is -0.376 e. The number of rotatable bonds is 7. The van der Waals surface area contributed by atoms with Crippen LogP contribution >= 0.6 is 0 Å². The first kappa shape index (κ1) is 23.4. The summed E-state index contributed by atoms with van der Waals surface area (Å²) in [6.45, 7) is 6.70. The summed E-state index contributed by atoms with van der Waals surface area (Å²) in [5, 5.41) is 0. The lowest BCUT2D eigenvalue weighted by atomic mass is 9.80. The predicted octanol–water partition coefficient (Wildman–Crippen LogP) is 2.64. The highest BCUT2D eigenvalue weighted by Gasteiger charge is 2.35. The fourth-order valence-electron chi connectivity index (χ4n) is 4.72. The van der Waals surface area contributed by atoms with Gasteiger partial charge in [-0.1, -0.05) is 19.9 Å². The lowest BCUT2D eigenvalue weighted by Gasteiger charge is -2.37. The van der Waals surface area contributed by atoms with Crippen molar-refractivity contribution in [1.82, 2.24) is 13.6 Å². The van der Waals surface area contributed by atoms with Gasteiger partial charge in [0.2, 0.25) is 0 Å². The van der Waals surface area contributed by atoms with Gasteiger partial charge >= 0.3 is 0 Å². The second-order valence-electron chi connectivity index (χ2n) is 9.41. The molecule has 0 bridgehead atoms. The van der Waals surface area contributed by atoms with E-state index in [0.29, 0.717) is 30.9 Å². The summed E-state index contributed by atoms with van der Waals surface area (Å²) in [6.07, 6.45) is 5.87. The molecule has 30 heavy (non-hydrogen) atoms. The molecule has 170 valence electrons. The fourth-order valence-corrected chi connectivity index (χ4v) is 5.59. The zero-order chi connectivity index (χ0) is 22.1. The summed E-state index contributed by atoms with van der Waals surface area (Å²) >= 11 is 0. The molecule has 1 aromatic heterocycles. The van der Waals surface area contributed by atoms with Gasteiger partial charge in [-0.3, -0.25) is 4.79 Å². The molecule has 0 radical (unpaired) electrons. The van der Waals surface area contributed by atoms with Crippen molar-refractivity contribution in [3.63, 3.8) is 0 Å². The smallest absolute Gasteiger partial charge is 0.279 e. The van der Waals surface area contributed by atoms with Gasteiger partial charge in [-0.05, 0) is 63.4 Å². The molecule has 2 heterocycles. The number of nitrogens with zero attached hydrogens (tertiary/aromatic N) is 2. The molecule has 3 rings (SSSR count). The van der Waals surface area contributed by atoms with Crippen molar-refractivity contribution < 1.29 is 13.2 Å². The molecule has 0 unspecified atom stereocenters. The van der Waals surface area contributed by atoms with E-state index < -0.39 is 10.2 Å². The predicted molar refractivity (Wildman–Crippen MR) is 119 cm³/mol. The van der Waals surface area contributed by atoms with Gasteiger partial charge in [-0.15, -0.1) is 0 Å². The molecule has 2 aliphatic rings. The third-order valence-corrected chi connectivity index (χ3v) is 8.41. The highest BCUT2D eigenvalue weighted by Crippen LogP contribution is 2.32. The molecule has 7 nitrogen and oxygen atoms in total. The number of nitrogens with one attached hydrogen (secondary N) is 1. The Labute approximate surface area is 181 Å². The van der Waals surface area contributed by atoms with Crippen LogP contribution in [0.4, 0.5) is 0 Å². The van der Waals surface area contributed by atoms with Crippen molar-refractivity contribution in [3.05, 3.63) is 33.7 Å². The maximum Gasteiger partial charge on any atom is 0.279 e. The van der Waals surface area contributed by atoms with Crippen LogP contribution in [-0.4, -0.2) is 50.1 Å². The van der Waals surface area contributed by atoms with Crippen LogP contribution in [0.3, 0.4) is 0 Å². The van der Waals surface area contributed by atoms with E-state index >= 15 is 0 Å². The van der Waals surface area contributed by atoms with Gasteiger partial charge in [0.05, 0.1) is 18.8 Å². The first-order valence-electron chi connectivity index (χ1n) is 11.1. The number of pyridine rings is 1. The average Bonchev–Trinajstić information content (AvgIpc) is 2.69. The molecule has 0 aromatic carbocycles. The first-order valence-corrected chi connectivity index (χ1v) is 12.6. The molecule has 8 heteroatoms. The van der Waals surface area contributed by atoms with E-state index in [4.69, 9.17) is 4.74 Å². The molecule has 1 aliphatic heterocycles. The second-order valence-corrected chi connectivity index (χ2v) is 11.3. The molecule has 1 N–H and O–H groups in total. The Morgan fingerprint density at radius 3 is 2.43 bits per heavy atom. The Kier molecular flexibility index (Phi) is 7.43. The van der Waals surface area contributed by atoms with Gasteiger partial charge in [0.25, 0.3) is 15.8 Å².